The summed E-state index contributed by atoms with van der Waals surface area (Å²) in [6.07, 6.45) is 0.165. The summed E-state index contributed by atoms with van der Waals surface area (Å²) in [5.41, 5.74) is 1.23. The molecule has 0 bridgehead atoms. The summed E-state index contributed by atoms with van der Waals surface area (Å²) < 4.78 is 5.61. The normalized spacial score (nSPS) is 12.6. The molecule has 0 spiro atoms. The second kappa shape index (κ2) is 5.69. The first-order valence-corrected chi connectivity index (χ1v) is 5.84. The van der Waals surface area contributed by atoms with Crippen molar-refractivity contribution >= 4 is 5.78 Å². The SMILES string of the molecule is CCC(=O)C(C)Oc1cccc(C(C)C)c1. The fourth-order valence-corrected chi connectivity index (χ4v) is 1.50. The number of carbonyl (C=O) groups is 1. The van der Waals surface area contributed by atoms with Crippen LogP contribution in [0.1, 0.15) is 45.6 Å². The van der Waals surface area contributed by atoms with E-state index in [9.17, 15) is 4.79 Å². The molecule has 2 nitrogen and oxygen atoms in total. The molecule has 0 heterocycles. The first-order valence-electron chi connectivity index (χ1n) is 5.84. The number of ether oxygens (including phenoxy) is 1. The molecule has 1 atom stereocenters. The van der Waals surface area contributed by atoms with Crippen LogP contribution in [0.4, 0.5) is 0 Å². The Kier molecular flexibility index (Phi) is 4.53. The summed E-state index contributed by atoms with van der Waals surface area (Å²) in [6.45, 7) is 7.93. The van der Waals surface area contributed by atoms with Gasteiger partial charge in [-0.05, 0) is 30.5 Å². The zero-order chi connectivity index (χ0) is 12.1. The van der Waals surface area contributed by atoms with Gasteiger partial charge in [0.2, 0.25) is 0 Å². The molecule has 0 saturated heterocycles. The monoisotopic (exact) mass is 220 g/mol. The highest BCUT2D eigenvalue weighted by Crippen LogP contribution is 2.21. The fraction of sp³-hybridized carbons (Fsp3) is 0.500. The van der Waals surface area contributed by atoms with E-state index < -0.39 is 0 Å². The molecule has 16 heavy (non-hydrogen) atoms. The van der Waals surface area contributed by atoms with E-state index in [0.29, 0.717) is 12.3 Å². The third-order valence-corrected chi connectivity index (χ3v) is 2.64. The van der Waals surface area contributed by atoms with Gasteiger partial charge in [-0.1, -0.05) is 32.9 Å². The van der Waals surface area contributed by atoms with Crippen LogP contribution in [0.3, 0.4) is 0 Å². The Morgan fingerprint density at radius 1 is 1.31 bits per heavy atom. The van der Waals surface area contributed by atoms with Gasteiger partial charge in [-0.2, -0.15) is 0 Å². The van der Waals surface area contributed by atoms with E-state index in [-0.39, 0.29) is 11.9 Å². The summed E-state index contributed by atoms with van der Waals surface area (Å²) in [4.78, 5) is 11.4. The van der Waals surface area contributed by atoms with E-state index >= 15 is 0 Å². The third-order valence-electron chi connectivity index (χ3n) is 2.64. The molecule has 0 saturated carbocycles. The highest BCUT2D eigenvalue weighted by atomic mass is 16.5. The van der Waals surface area contributed by atoms with Crippen LogP contribution in [0.15, 0.2) is 24.3 Å². The predicted octanol–water partition coefficient (Wildman–Crippen LogP) is 3.56. The van der Waals surface area contributed by atoms with E-state index in [0.717, 1.165) is 5.75 Å². The first-order chi connectivity index (χ1) is 7.54. The average molecular weight is 220 g/mol. The highest BCUT2D eigenvalue weighted by molar-refractivity contribution is 5.82. The molecule has 0 fully saturated rings. The van der Waals surface area contributed by atoms with Crippen LogP contribution >= 0.6 is 0 Å². The van der Waals surface area contributed by atoms with Crippen molar-refractivity contribution in [3.8, 4) is 5.75 Å². The van der Waals surface area contributed by atoms with E-state index in [2.05, 4.69) is 19.9 Å². The largest absolute Gasteiger partial charge is 0.483 e. The number of benzene rings is 1. The lowest BCUT2D eigenvalue weighted by Gasteiger charge is -2.14. The van der Waals surface area contributed by atoms with Gasteiger partial charge in [0.1, 0.15) is 5.75 Å². The summed E-state index contributed by atoms with van der Waals surface area (Å²) >= 11 is 0. The van der Waals surface area contributed by atoms with Crippen LogP contribution in [0.25, 0.3) is 0 Å². The molecule has 0 radical (unpaired) electrons. The van der Waals surface area contributed by atoms with Crippen molar-refractivity contribution in [2.45, 2.75) is 46.1 Å². The lowest BCUT2D eigenvalue weighted by Crippen LogP contribution is -2.22. The molecule has 0 amide bonds. The maximum atomic E-state index is 11.4. The maximum absolute atomic E-state index is 11.4. The Balaban J connectivity index is 2.74. The Bertz CT molecular complexity index is 356. The zero-order valence-corrected chi connectivity index (χ0v) is 10.5. The number of ketones is 1. The summed E-state index contributed by atoms with van der Waals surface area (Å²) in [5.74, 6) is 1.39. The summed E-state index contributed by atoms with van der Waals surface area (Å²) in [7, 11) is 0. The molecular formula is C14H20O2. The van der Waals surface area contributed by atoms with Crippen molar-refractivity contribution in [2.24, 2.45) is 0 Å². The lowest BCUT2D eigenvalue weighted by molar-refractivity contribution is -0.124. The number of carbonyl (C=O) groups excluding carboxylic acids is 1. The minimum Gasteiger partial charge on any atom is -0.483 e. The van der Waals surface area contributed by atoms with Crippen LogP contribution in [0, 0.1) is 0 Å². The molecule has 1 rings (SSSR count). The van der Waals surface area contributed by atoms with Crippen molar-refractivity contribution in [1.82, 2.24) is 0 Å². The molecule has 0 aromatic heterocycles. The van der Waals surface area contributed by atoms with Gasteiger partial charge >= 0.3 is 0 Å². The molecule has 1 aromatic rings. The maximum Gasteiger partial charge on any atom is 0.172 e. The van der Waals surface area contributed by atoms with E-state index in [1.54, 1.807) is 6.92 Å². The summed E-state index contributed by atoms with van der Waals surface area (Å²) in [6, 6.07) is 7.94. The molecule has 1 aromatic carbocycles. The Morgan fingerprint density at radius 3 is 2.56 bits per heavy atom. The van der Waals surface area contributed by atoms with Gasteiger partial charge in [-0.25, -0.2) is 0 Å². The lowest BCUT2D eigenvalue weighted by atomic mass is 10.0. The van der Waals surface area contributed by atoms with Gasteiger partial charge in [0.15, 0.2) is 11.9 Å². The standard InChI is InChI=1S/C14H20O2/c1-5-14(15)11(4)16-13-8-6-7-12(9-13)10(2)3/h6-11H,5H2,1-4H3. The van der Waals surface area contributed by atoms with Gasteiger partial charge in [-0.3, -0.25) is 4.79 Å². The minimum atomic E-state index is -0.354. The quantitative estimate of drug-likeness (QED) is 0.758. The molecule has 0 N–H and O–H groups in total. The highest BCUT2D eigenvalue weighted by Gasteiger charge is 2.12. The summed E-state index contributed by atoms with van der Waals surface area (Å²) in [5, 5.41) is 0. The number of hydrogen-bond donors (Lipinski definition) is 0. The number of hydrogen-bond acceptors (Lipinski definition) is 2. The zero-order valence-electron chi connectivity index (χ0n) is 10.5. The second-order valence-electron chi connectivity index (χ2n) is 4.31. The number of rotatable bonds is 5. The fourth-order valence-electron chi connectivity index (χ4n) is 1.50. The van der Waals surface area contributed by atoms with Crippen molar-refractivity contribution in [1.29, 1.82) is 0 Å². The Morgan fingerprint density at radius 2 is 2.00 bits per heavy atom. The Hall–Kier alpha value is -1.31. The van der Waals surface area contributed by atoms with Crippen LogP contribution in [-0.4, -0.2) is 11.9 Å². The topological polar surface area (TPSA) is 26.3 Å². The van der Waals surface area contributed by atoms with E-state index in [4.69, 9.17) is 4.74 Å². The minimum absolute atomic E-state index is 0.134. The smallest absolute Gasteiger partial charge is 0.172 e. The average Bonchev–Trinajstić information content (AvgIpc) is 2.28. The van der Waals surface area contributed by atoms with Crippen LogP contribution in [-0.2, 0) is 4.79 Å². The number of Topliss-reactive ketones (excluding diaryl/α,β-unsaturated/α-hetero) is 1. The van der Waals surface area contributed by atoms with Gasteiger partial charge < -0.3 is 4.74 Å². The predicted molar refractivity (Wildman–Crippen MR) is 65.9 cm³/mol. The molecule has 0 aliphatic heterocycles. The molecule has 88 valence electrons. The third kappa shape index (κ3) is 3.37. The van der Waals surface area contributed by atoms with Crippen LogP contribution in [0.2, 0.25) is 0 Å². The van der Waals surface area contributed by atoms with Crippen molar-refractivity contribution < 1.29 is 9.53 Å². The first kappa shape index (κ1) is 12.8. The second-order valence-corrected chi connectivity index (χ2v) is 4.31. The van der Waals surface area contributed by atoms with Crippen molar-refractivity contribution in [3.05, 3.63) is 29.8 Å². The molecule has 2 heteroatoms. The van der Waals surface area contributed by atoms with Crippen molar-refractivity contribution in [2.75, 3.05) is 0 Å². The van der Waals surface area contributed by atoms with Crippen molar-refractivity contribution in [3.63, 3.8) is 0 Å². The molecule has 0 aliphatic rings. The van der Waals surface area contributed by atoms with Gasteiger partial charge in [0.25, 0.3) is 0 Å². The van der Waals surface area contributed by atoms with Gasteiger partial charge in [-0.15, -0.1) is 0 Å². The van der Waals surface area contributed by atoms with Crippen LogP contribution < -0.4 is 4.74 Å². The van der Waals surface area contributed by atoms with Crippen LogP contribution in [0.5, 0.6) is 5.75 Å². The van der Waals surface area contributed by atoms with Gasteiger partial charge in [0, 0.05) is 6.42 Å². The molecule has 0 aliphatic carbocycles. The molecular weight excluding hydrogens is 200 g/mol. The van der Waals surface area contributed by atoms with Gasteiger partial charge in [0.05, 0.1) is 0 Å². The molecule has 1 unspecified atom stereocenters. The van der Waals surface area contributed by atoms with E-state index in [1.807, 2.05) is 25.1 Å². The Labute approximate surface area is 97.6 Å². The van der Waals surface area contributed by atoms with E-state index in [1.165, 1.54) is 5.56 Å².